The number of phenols is 1. The lowest BCUT2D eigenvalue weighted by atomic mass is 10.2. The van der Waals surface area contributed by atoms with Gasteiger partial charge in [-0.15, -0.1) is 0 Å². The van der Waals surface area contributed by atoms with E-state index in [1.54, 1.807) is 0 Å². The number of halogens is 3. The van der Waals surface area contributed by atoms with Gasteiger partial charge < -0.3 is 5.11 Å². The Balaban J connectivity index is 2.07. The molecule has 0 aliphatic rings. The minimum Gasteiger partial charge on any atom is -0.506 e. The molecule has 7 heteroatoms. The highest BCUT2D eigenvalue weighted by Crippen LogP contribution is 2.33. The fourth-order valence-corrected chi connectivity index (χ4v) is 1.81. The second-order valence-electron chi connectivity index (χ2n) is 4.01. The number of hydrogen-bond acceptors (Lipinski definition) is 3. The predicted molar refractivity (Wildman–Crippen MR) is 79.6 cm³/mol. The minimum absolute atomic E-state index is 0.00507. The van der Waals surface area contributed by atoms with Gasteiger partial charge in [-0.25, -0.2) is 9.82 Å². The standard InChI is InChI=1S/C14H9Cl2FN2O2/c15-11-6-3-9(13(20)12(11)16)7-18-19-14(21)8-1-4-10(17)5-2-8/h1-7,20H,(H,19,21)/b18-7+. The normalized spacial score (nSPS) is 10.8. The molecule has 2 aromatic carbocycles. The molecular weight excluding hydrogens is 318 g/mol. The molecule has 21 heavy (non-hydrogen) atoms. The molecule has 4 nitrogen and oxygen atoms in total. The Hall–Kier alpha value is -2.11. The van der Waals surface area contributed by atoms with Crippen LogP contribution in [0.15, 0.2) is 41.5 Å². The van der Waals surface area contributed by atoms with Crippen molar-refractivity contribution >= 4 is 35.3 Å². The molecule has 2 N–H and O–H groups in total. The molecule has 108 valence electrons. The van der Waals surface area contributed by atoms with Crippen molar-refractivity contribution < 1.29 is 14.3 Å². The van der Waals surface area contributed by atoms with Crippen LogP contribution in [0.1, 0.15) is 15.9 Å². The number of hydrazone groups is 1. The van der Waals surface area contributed by atoms with Crippen molar-refractivity contribution in [1.29, 1.82) is 0 Å². The molecule has 0 fully saturated rings. The molecule has 0 atom stereocenters. The zero-order valence-electron chi connectivity index (χ0n) is 10.5. The summed E-state index contributed by atoms with van der Waals surface area (Å²) in [5, 5.41) is 13.6. The molecule has 0 radical (unpaired) electrons. The Labute approximate surface area is 129 Å². The van der Waals surface area contributed by atoms with Crippen LogP contribution in [0.25, 0.3) is 0 Å². The van der Waals surface area contributed by atoms with Crippen LogP contribution in [0.2, 0.25) is 10.0 Å². The number of amides is 1. The summed E-state index contributed by atoms with van der Waals surface area (Å²) in [5.74, 6) is -1.18. The third-order valence-electron chi connectivity index (χ3n) is 2.58. The van der Waals surface area contributed by atoms with Crippen LogP contribution in [-0.2, 0) is 0 Å². The number of nitrogens with zero attached hydrogens (tertiary/aromatic N) is 1. The van der Waals surface area contributed by atoms with Gasteiger partial charge in [0.1, 0.15) is 16.6 Å². The van der Waals surface area contributed by atoms with Crippen LogP contribution < -0.4 is 5.43 Å². The van der Waals surface area contributed by atoms with Gasteiger partial charge in [0.05, 0.1) is 11.2 Å². The van der Waals surface area contributed by atoms with E-state index in [0.717, 1.165) is 0 Å². The van der Waals surface area contributed by atoms with Crippen LogP contribution in [0.4, 0.5) is 4.39 Å². The molecule has 0 spiro atoms. The van der Waals surface area contributed by atoms with Crippen molar-refractivity contribution in [1.82, 2.24) is 5.43 Å². The van der Waals surface area contributed by atoms with E-state index in [1.807, 2.05) is 0 Å². The summed E-state index contributed by atoms with van der Waals surface area (Å²) in [5.41, 5.74) is 2.80. The maximum Gasteiger partial charge on any atom is 0.271 e. The van der Waals surface area contributed by atoms with Crippen molar-refractivity contribution in [3.8, 4) is 5.75 Å². The quantitative estimate of drug-likeness (QED) is 0.668. The first-order valence-electron chi connectivity index (χ1n) is 5.75. The Bertz CT molecular complexity index is 703. The summed E-state index contributed by atoms with van der Waals surface area (Å²) in [7, 11) is 0. The van der Waals surface area contributed by atoms with Gasteiger partial charge in [0.25, 0.3) is 5.91 Å². The minimum atomic E-state index is -0.509. The number of carbonyl (C=O) groups excluding carboxylic acids is 1. The zero-order chi connectivity index (χ0) is 15.4. The van der Waals surface area contributed by atoms with Gasteiger partial charge in [0, 0.05) is 11.1 Å². The number of rotatable bonds is 3. The van der Waals surface area contributed by atoms with Crippen LogP contribution in [0.5, 0.6) is 5.75 Å². The lowest BCUT2D eigenvalue weighted by Crippen LogP contribution is -2.17. The lowest BCUT2D eigenvalue weighted by Gasteiger charge is -2.03. The molecule has 0 aromatic heterocycles. The average Bonchev–Trinajstić information content (AvgIpc) is 2.48. The van der Waals surface area contributed by atoms with Crippen molar-refractivity contribution in [3.05, 3.63) is 63.4 Å². The largest absolute Gasteiger partial charge is 0.506 e. The predicted octanol–water partition coefficient (Wildman–Crippen LogP) is 3.60. The first-order valence-corrected chi connectivity index (χ1v) is 6.50. The highest BCUT2D eigenvalue weighted by atomic mass is 35.5. The highest BCUT2D eigenvalue weighted by Gasteiger charge is 2.08. The van der Waals surface area contributed by atoms with E-state index < -0.39 is 11.7 Å². The van der Waals surface area contributed by atoms with Crippen molar-refractivity contribution in [2.24, 2.45) is 5.10 Å². The Morgan fingerprint density at radius 1 is 1.19 bits per heavy atom. The van der Waals surface area contributed by atoms with Gasteiger partial charge in [-0.2, -0.15) is 5.10 Å². The number of phenolic OH excluding ortho intramolecular Hbond substituents is 1. The smallest absolute Gasteiger partial charge is 0.271 e. The molecule has 0 saturated carbocycles. The van der Waals surface area contributed by atoms with Crippen LogP contribution in [0.3, 0.4) is 0 Å². The third-order valence-corrected chi connectivity index (χ3v) is 3.37. The van der Waals surface area contributed by atoms with Gasteiger partial charge in [0.2, 0.25) is 0 Å². The first-order chi connectivity index (χ1) is 9.99. The molecule has 0 bridgehead atoms. The molecule has 0 heterocycles. The van der Waals surface area contributed by atoms with Gasteiger partial charge in [-0.05, 0) is 36.4 Å². The molecule has 0 aliphatic carbocycles. The summed E-state index contributed by atoms with van der Waals surface area (Å²) >= 11 is 11.5. The first kappa shape index (κ1) is 15.3. The van der Waals surface area contributed by atoms with Crippen LogP contribution in [0, 0.1) is 5.82 Å². The monoisotopic (exact) mass is 326 g/mol. The maximum absolute atomic E-state index is 12.7. The van der Waals surface area contributed by atoms with Crippen LogP contribution in [-0.4, -0.2) is 17.2 Å². The Morgan fingerprint density at radius 3 is 2.52 bits per heavy atom. The summed E-state index contributed by atoms with van der Waals surface area (Å²) in [6.45, 7) is 0. The Kier molecular flexibility index (Phi) is 4.77. The molecule has 2 aromatic rings. The van der Waals surface area contributed by atoms with E-state index in [1.165, 1.54) is 42.6 Å². The van der Waals surface area contributed by atoms with E-state index in [9.17, 15) is 14.3 Å². The average molecular weight is 327 g/mol. The second kappa shape index (κ2) is 6.56. The number of carbonyl (C=O) groups is 1. The van der Waals surface area contributed by atoms with Gasteiger partial charge in [-0.1, -0.05) is 23.2 Å². The highest BCUT2D eigenvalue weighted by molar-refractivity contribution is 6.43. The summed E-state index contributed by atoms with van der Waals surface area (Å²) in [6.07, 6.45) is 1.22. The number of hydrogen-bond donors (Lipinski definition) is 2. The summed E-state index contributed by atoms with van der Waals surface area (Å²) in [6, 6.07) is 7.99. The van der Waals surface area contributed by atoms with E-state index in [2.05, 4.69) is 10.5 Å². The maximum atomic E-state index is 12.7. The van der Waals surface area contributed by atoms with Crippen molar-refractivity contribution in [3.63, 3.8) is 0 Å². The third kappa shape index (κ3) is 3.71. The van der Waals surface area contributed by atoms with Crippen molar-refractivity contribution in [2.75, 3.05) is 0 Å². The fraction of sp³-hybridized carbons (Fsp3) is 0. The van der Waals surface area contributed by atoms with Gasteiger partial charge >= 0.3 is 0 Å². The molecule has 0 aliphatic heterocycles. The molecule has 0 saturated heterocycles. The van der Waals surface area contributed by atoms with Gasteiger partial charge in [0.15, 0.2) is 0 Å². The molecule has 2 rings (SSSR count). The van der Waals surface area contributed by atoms with E-state index in [0.29, 0.717) is 5.56 Å². The molecule has 0 unspecified atom stereocenters. The van der Waals surface area contributed by atoms with Crippen molar-refractivity contribution in [2.45, 2.75) is 0 Å². The topological polar surface area (TPSA) is 61.7 Å². The molecular formula is C14H9Cl2FN2O2. The second-order valence-corrected chi connectivity index (χ2v) is 4.79. The van der Waals surface area contributed by atoms with Crippen LogP contribution >= 0.6 is 23.2 Å². The number of nitrogens with one attached hydrogen (secondary N) is 1. The van der Waals surface area contributed by atoms with Gasteiger partial charge in [-0.3, -0.25) is 4.79 Å². The Morgan fingerprint density at radius 2 is 1.86 bits per heavy atom. The summed E-state index contributed by atoms with van der Waals surface area (Å²) < 4.78 is 12.7. The summed E-state index contributed by atoms with van der Waals surface area (Å²) in [4.78, 5) is 11.7. The SMILES string of the molecule is O=C(N/N=C/c1ccc(Cl)c(Cl)c1O)c1ccc(F)cc1. The fourth-order valence-electron chi connectivity index (χ4n) is 1.49. The number of benzene rings is 2. The number of aromatic hydroxyl groups is 1. The lowest BCUT2D eigenvalue weighted by molar-refractivity contribution is 0.0955. The molecule has 1 amide bonds. The van der Waals surface area contributed by atoms with E-state index in [-0.39, 0.29) is 21.4 Å². The zero-order valence-corrected chi connectivity index (χ0v) is 12.0. The van der Waals surface area contributed by atoms with E-state index in [4.69, 9.17) is 23.2 Å². The van der Waals surface area contributed by atoms with E-state index >= 15 is 0 Å².